The first-order valence-electron chi connectivity index (χ1n) is 18.0. The fourth-order valence-corrected chi connectivity index (χ4v) is 7.96. The Kier molecular flexibility index (Phi) is 12.4. The van der Waals surface area contributed by atoms with Crippen molar-refractivity contribution in [3.05, 3.63) is 23.5 Å². The number of aromatic nitrogens is 1. The van der Waals surface area contributed by atoms with Gasteiger partial charge in [-0.15, -0.1) is 0 Å². The lowest BCUT2D eigenvalue weighted by molar-refractivity contribution is -0.298. The van der Waals surface area contributed by atoms with Gasteiger partial charge in [-0.2, -0.15) is 0 Å². The van der Waals surface area contributed by atoms with E-state index in [1.165, 1.54) is 44.9 Å². The molecule has 8 nitrogen and oxygen atoms in total. The lowest BCUT2D eigenvalue weighted by atomic mass is 9.64. The van der Waals surface area contributed by atoms with Crippen molar-refractivity contribution in [2.45, 2.75) is 168 Å². The summed E-state index contributed by atoms with van der Waals surface area (Å²) in [6, 6.07) is 1.64. The number of carbonyl (C=O) groups excluding carboxylic acids is 2. The van der Waals surface area contributed by atoms with Gasteiger partial charge in [-0.25, -0.2) is 0 Å². The number of nitrogens with one attached hydrogen (secondary N) is 2. The Morgan fingerprint density at radius 3 is 2.29 bits per heavy atom. The molecule has 0 bridgehead atoms. The highest BCUT2D eigenvalue weighted by Gasteiger charge is 2.48. The Morgan fingerprint density at radius 2 is 1.64 bits per heavy atom. The Labute approximate surface area is 271 Å². The number of hydrogen-bond acceptors (Lipinski definition) is 5. The molecule has 3 fully saturated rings. The predicted octanol–water partition coefficient (Wildman–Crippen LogP) is 8.31. The average molecular weight is 629 g/mol. The van der Waals surface area contributed by atoms with Crippen LogP contribution in [0.5, 0.6) is 0 Å². The molecule has 2 aliphatic carbocycles. The molecule has 3 aliphatic rings. The molecule has 0 spiro atoms. The van der Waals surface area contributed by atoms with E-state index in [-0.39, 0.29) is 35.5 Å². The number of ether oxygens (including phenoxy) is 2. The topological polar surface area (TPSA) is 118 Å². The zero-order valence-corrected chi connectivity index (χ0v) is 28.7. The van der Waals surface area contributed by atoms with Crippen LogP contribution in [-0.4, -0.2) is 52.3 Å². The fraction of sp³-hybridized carbons (Fsp3) is 0.811. The minimum Gasteiger partial charge on any atom is -0.481 e. The maximum absolute atomic E-state index is 14.1. The van der Waals surface area contributed by atoms with Crippen molar-refractivity contribution >= 4 is 17.7 Å². The van der Waals surface area contributed by atoms with Crippen LogP contribution in [0.15, 0.2) is 12.3 Å². The van der Waals surface area contributed by atoms with Crippen molar-refractivity contribution in [3.63, 3.8) is 0 Å². The number of rotatable bonds is 17. The highest BCUT2D eigenvalue weighted by atomic mass is 16.7. The molecule has 4 atom stereocenters. The van der Waals surface area contributed by atoms with Gasteiger partial charge in [0.15, 0.2) is 11.6 Å². The van der Waals surface area contributed by atoms with E-state index in [1.54, 1.807) is 12.3 Å². The molecule has 254 valence electrons. The van der Waals surface area contributed by atoms with E-state index in [9.17, 15) is 19.5 Å². The third-order valence-electron chi connectivity index (χ3n) is 10.9. The Balaban J connectivity index is 1.47. The van der Waals surface area contributed by atoms with Gasteiger partial charge < -0.3 is 24.9 Å². The summed E-state index contributed by atoms with van der Waals surface area (Å²) in [5.41, 5.74) is 0.308. The first-order chi connectivity index (χ1) is 21.4. The van der Waals surface area contributed by atoms with Crippen LogP contribution in [0, 0.1) is 16.7 Å². The third kappa shape index (κ3) is 9.00. The highest BCUT2D eigenvalue weighted by molar-refractivity contribution is 6.01. The minimum atomic E-state index is -0.905. The number of aliphatic carboxylic acids is 1. The summed E-state index contributed by atoms with van der Waals surface area (Å²) in [5, 5.41) is 13.5. The minimum absolute atomic E-state index is 0.0793. The van der Waals surface area contributed by atoms with Gasteiger partial charge in [-0.3, -0.25) is 14.4 Å². The Morgan fingerprint density at radius 1 is 0.978 bits per heavy atom. The zero-order valence-electron chi connectivity index (χ0n) is 28.7. The van der Waals surface area contributed by atoms with E-state index < -0.39 is 29.2 Å². The fourth-order valence-electron chi connectivity index (χ4n) is 7.96. The van der Waals surface area contributed by atoms with Crippen molar-refractivity contribution in [3.8, 4) is 0 Å². The van der Waals surface area contributed by atoms with Gasteiger partial charge in [0.2, 0.25) is 5.91 Å². The summed E-state index contributed by atoms with van der Waals surface area (Å²) in [5.74, 6) is -2.30. The molecule has 3 N–H and O–H groups in total. The molecular formula is C37H60N2O6. The van der Waals surface area contributed by atoms with Gasteiger partial charge >= 0.3 is 5.97 Å². The summed E-state index contributed by atoms with van der Waals surface area (Å²) >= 11 is 0. The first-order valence-corrected chi connectivity index (χ1v) is 18.0. The van der Waals surface area contributed by atoms with E-state index in [0.717, 1.165) is 57.8 Å². The summed E-state index contributed by atoms with van der Waals surface area (Å²) in [4.78, 5) is 43.6. The van der Waals surface area contributed by atoms with E-state index in [2.05, 4.69) is 17.2 Å². The normalized spacial score (nSPS) is 26.0. The molecule has 45 heavy (non-hydrogen) atoms. The van der Waals surface area contributed by atoms with Crippen LogP contribution in [0.1, 0.15) is 166 Å². The summed E-state index contributed by atoms with van der Waals surface area (Å²) in [6.45, 7) is 10.2. The van der Waals surface area contributed by atoms with Crippen LogP contribution in [0.3, 0.4) is 0 Å². The molecule has 4 unspecified atom stereocenters. The number of Topliss-reactive ketones (excluding diaryl/α,β-unsaturated/α-hetero) is 1. The first kappa shape index (κ1) is 35.7. The number of H-pyrrole nitrogens is 1. The van der Waals surface area contributed by atoms with Gasteiger partial charge in [-0.05, 0) is 57.9 Å². The molecule has 1 saturated heterocycles. The number of aromatic amines is 1. The summed E-state index contributed by atoms with van der Waals surface area (Å²) in [7, 11) is 0. The monoisotopic (exact) mass is 628 g/mol. The predicted molar refractivity (Wildman–Crippen MR) is 176 cm³/mol. The van der Waals surface area contributed by atoms with Crippen LogP contribution in [0.4, 0.5) is 0 Å². The van der Waals surface area contributed by atoms with E-state index in [4.69, 9.17) is 9.47 Å². The molecule has 1 aromatic rings. The van der Waals surface area contributed by atoms with E-state index >= 15 is 0 Å². The lowest BCUT2D eigenvalue weighted by Crippen LogP contribution is -2.54. The van der Waals surface area contributed by atoms with Crippen LogP contribution in [-0.2, 0) is 19.1 Å². The number of unbranched alkanes of at least 4 members (excludes halogenated alkanes) is 7. The second kappa shape index (κ2) is 15.6. The summed E-state index contributed by atoms with van der Waals surface area (Å²) in [6.07, 6.45) is 18.5. The maximum Gasteiger partial charge on any atom is 0.304 e. The zero-order chi connectivity index (χ0) is 32.7. The molecule has 2 saturated carbocycles. The van der Waals surface area contributed by atoms with Gasteiger partial charge in [-0.1, -0.05) is 91.4 Å². The third-order valence-corrected chi connectivity index (χ3v) is 10.9. The second-order valence-corrected chi connectivity index (χ2v) is 15.4. The van der Waals surface area contributed by atoms with Crippen LogP contribution in [0.2, 0.25) is 0 Å². The molecule has 8 heteroatoms. The van der Waals surface area contributed by atoms with Crippen LogP contribution >= 0.6 is 0 Å². The number of carbonyl (C=O) groups is 3. The number of ketones is 1. The number of hydrogen-bond donors (Lipinski definition) is 3. The van der Waals surface area contributed by atoms with Crippen molar-refractivity contribution in [1.82, 2.24) is 10.3 Å². The number of amides is 1. The molecule has 2 heterocycles. The number of carboxylic acids is 1. The summed E-state index contributed by atoms with van der Waals surface area (Å²) < 4.78 is 12.0. The van der Waals surface area contributed by atoms with E-state index in [0.29, 0.717) is 17.9 Å². The van der Waals surface area contributed by atoms with Crippen molar-refractivity contribution in [1.29, 1.82) is 0 Å². The lowest BCUT2D eigenvalue weighted by Gasteiger charge is -2.45. The molecule has 1 amide bonds. The van der Waals surface area contributed by atoms with Gasteiger partial charge in [0, 0.05) is 40.2 Å². The molecule has 4 rings (SSSR count). The standard InChI is InChI=1S/C37H60N2O6/c1-6-7-8-9-10-11-12-15-20-37(21-16-22-37)34(43)39-29-18-14-13-17-26(29)28(24-30(40)41)31-27(19-23-38-31)32(42)33-35(2,3)25-44-36(4,5)45-33/h19,23,26,28-29,33,38H,6-18,20-22,24-25H2,1-5H3,(H,39,43)(H,40,41). The highest BCUT2D eigenvalue weighted by Crippen LogP contribution is 2.47. The molecular weight excluding hydrogens is 568 g/mol. The molecule has 1 aromatic heterocycles. The number of carboxylic acid groups (broad SMARTS) is 1. The van der Waals surface area contributed by atoms with Crippen molar-refractivity contribution in [2.24, 2.45) is 16.7 Å². The van der Waals surface area contributed by atoms with Gasteiger partial charge in [0.25, 0.3) is 0 Å². The van der Waals surface area contributed by atoms with Crippen LogP contribution in [0.25, 0.3) is 0 Å². The van der Waals surface area contributed by atoms with E-state index in [1.807, 2.05) is 27.7 Å². The smallest absolute Gasteiger partial charge is 0.304 e. The quantitative estimate of drug-likeness (QED) is 0.118. The second-order valence-electron chi connectivity index (χ2n) is 15.4. The Bertz CT molecular complexity index is 1140. The average Bonchev–Trinajstić information content (AvgIpc) is 3.45. The van der Waals surface area contributed by atoms with Crippen molar-refractivity contribution in [2.75, 3.05) is 6.61 Å². The molecule has 0 radical (unpaired) electrons. The molecule has 0 aromatic carbocycles. The maximum atomic E-state index is 14.1. The van der Waals surface area contributed by atoms with Crippen molar-refractivity contribution < 1.29 is 29.0 Å². The molecule has 1 aliphatic heterocycles. The SMILES string of the molecule is CCCCCCCCCCC1(C(=O)NC2CCCCC2C(CC(=O)O)c2[nH]ccc2C(=O)C2OC(C)(C)OCC2(C)C)CCC1. The van der Waals surface area contributed by atoms with Gasteiger partial charge in [0.05, 0.1) is 13.0 Å². The van der Waals surface area contributed by atoms with Crippen LogP contribution < -0.4 is 5.32 Å². The van der Waals surface area contributed by atoms with Gasteiger partial charge in [0.1, 0.15) is 6.10 Å². The Hall–Kier alpha value is -2.19. The largest absolute Gasteiger partial charge is 0.481 e.